The van der Waals surface area contributed by atoms with Gasteiger partial charge in [0.1, 0.15) is 11.6 Å². The fourth-order valence-electron chi connectivity index (χ4n) is 3.66. The van der Waals surface area contributed by atoms with E-state index in [1.165, 1.54) is 5.56 Å². The summed E-state index contributed by atoms with van der Waals surface area (Å²) in [6.45, 7) is 12.9. The van der Waals surface area contributed by atoms with Crippen LogP contribution in [-0.4, -0.2) is 46.5 Å². The van der Waals surface area contributed by atoms with Gasteiger partial charge in [-0.3, -0.25) is 0 Å². The van der Waals surface area contributed by atoms with Crippen molar-refractivity contribution in [2.24, 2.45) is 10.7 Å². The Hall–Kier alpha value is -2.86. The van der Waals surface area contributed by atoms with Crippen molar-refractivity contribution >= 4 is 22.6 Å². The van der Waals surface area contributed by atoms with Crippen LogP contribution in [-0.2, 0) is 13.0 Å². The van der Waals surface area contributed by atoms with Gasteiger partial charge in [-0.1, -0.05) is 26.0 Å². The fraction of sp³-hybridized carbons (Fsp3) is 0.417. The molecule has 0 radical (unpaired) electrons. The maximum absolute atomic E-state index is 5.76. The number of aliphatic imine (C=N–C) groups is 1. The highest BCUT2D eigenvalue weighted by atomic mass is 16.5. The van der Waals surface area contributed by atoms with Gasteiger partial charge in [0.05, 0.1) is 29.2 Å². The van der Waals surface area contributed by atoms with E-state index in [2.05, 4.69) is 46.5 Å². The molecule has 0 aliphatic rings. The Morgan fingerprint density at radius 1 is 1.10 bits per heavy atom. The van der Waals surface area contributed by atoms with E-state index in [9.17, 15) is 0 Å². The second-order valence-electron chi connectivity index (χ2n) is 7.39. The number of imidazole rings is 1. The standard InChI is InChI=1S/C24H33N5O/c1-5-28(6-2)14-15-29-23-13-10-20(26-18(4)25)17-22(23)27-24(29)16-19-8-11-21(12-9-19)30-7-3/h8-13,17H,5-7,14-16H2,1-4H3,(H2,25,26). The van der Waals surface area contributed by atoms with Gasteiger partial charge in [0.15, 0.2) is 0 Å². The summed E-state index contributed by atoms with van der Waals surface area (Å²) in [5, 5.41) is 0. The van der Waals surface area contributed by atoms with Crippen LogP contribution < -0.4 is 10.5 Å². The molecule has 3 aromatic rings. The number of nitrogens with zero attached hydrogens (tertiary/aromatic N) is 4. The molecule has 0 amide bonds. The molecule has 0 atom stereocenters. The average Bonchev–Trinajstić information content (AvgIpc) is 3.06. The van der Waals surface area contributed by atoms with Gasteiger partial charge in [-0.25, -0.2) is 9.98 Å². The summed E-state index contributed by atoms with van der Waals surface area (Å²) >= 11 is 0. The Morgan fingerprint density at radius 3 is 2.47 bits per heavy atom. The van der Waals surface area contributed by atoms with Crippen LogP contribution in [0.3, 0.4) is 0 Å². The zero-order chi connectivity index (χ0) is 21.5. The number of amidine groups is 1. The van der Waals surface area contributed by atoms with Crippen molar-refractivity contribution in [2.45, 2.75) is 40.7 Å². The summed E-state index contributed by atoms with van der Waals surface area (Å²) in [6.07, 6.45) is 0.772. The van der Waals surface area contributed by atoms with Gasteiger partial charge in [0.2, 0.25) is 0 Å². The van der Waals surface area contributed by atoms with Crippen LogP contribution in [0.1, 0.15) is 39.1 Å². The molecule has 0 aliphatic heterocycles. The van der Waals surface area contributed by atoms with Gasteiger partial charge in [0.25, 0.3) is 0 Å². The highest BCUT2D eigenvalue weighted by Crippen LogP contribution is 2.24. The molecule has 0 fully saturated rings. The van der Waals surface area contributed by atoms with Crippen molar-refractivity contribution in [1.29, 1.82) is 0 Å². The molecular formula is C24H33N5O. The summed E-state index contributed by atoms with van der Waals surface area (Å²) in [6, 6.07) is 14.4. The molecule has 0 spiro atoms. The van der Waals surface area contributed by atoms with Crippen LogP contribution in [0.25, 0.3) is 11.0 Å². The van der Waals surface area contributed by atoms with Crippen LogP contribution in [0.2, 0.25) is 0 Å². The molecule has 1 aromatic heterocycles. The number of hydrogen-bond donors (Lipinski definition) is 1. The summed E-state index contributed by atoms with van der Waals surface area (Å²) < 4.78 is 7.91. The third-order valence-electron chi connectivity index (χ3n) is 5.25. The number of ether oxygens (including phenoxy) is 1. The normalized spacial score (nSPS) is 12.1. The molecular weight excluding hydrogens is 374 g/mol. The van der Waals surface area contributed by atoms with E-state index in [-0.39, 0.29) is 0 Å². The molecule has 30 heavy (non-hydrogen) atoms. The van der Waals surface area contributed by atoms with Crippen LogP contribution in [0.15, 0.2) is 47.5 Å². The van der Waals surface area contributed by atoms with Gasteiger partial charge >= 0.3 is 0 Å². The summed E-state index contributed by atoms with van der Waals surface area (Å²) in [5.74, 6) is 2.51. The monoisotopic (exact) mass is 407 g/mol. The number of hydrogen-bond acceptors (Lipinski definition) is 4. The van der Waals surface area contributed by atoms with Crippen molar-refractivity contribution < 1.29 is 4.74 Å². The second-order valence-corrected chi connectivity index (χ2v) is 7.39. The van der Waals surface area contributed by atoms with Crippen LogP contribution in [0.4, 0.5) is 5.69 Å². The van der Waals surface area contributed by atoms with Crippen molar-refractivity contribution in [1.82, 2.24) is 14.5 Å². The van der Waals surface area contributed by atoms with Gasteiger partial charge in [-0.2, -0.15) is 0 Å². The molecule has 2 N–H and O–H groups in total. The number of aromatic nitrogens is 2. The molecule has 3 rings (SSSR count). The lowest BCUT2D eigenvalue weighted by Gasteiger charge is -2.19. The predicted molar refractivity (Wildman–Crippen MR) is 125 cm³/mol. The summed E-state index contributed by atoms with van der Waals surface area (Å²) in [5.41, 5.74) is 9.91. The maximum Gasteiger partial charge on any atom is 0.119 e. The smallest absolute Gasteiger partial charge is 0.119 e. The van der Waals surface area contributed by atoms with E-state index in [1.54, 1.807) is 6.92 Å². The van der Waals surface area contributed by atoms with E-state index in [0.717, 1.165) is 60.9 Å². The number of benzene rings is 2. The van der Waals surface area contributed by atoms with E-state index >= 15 is 0 Å². The number of nitrogens with two attached hydrogens (primary N) is 1. The van der Waals surface area contributed by atoms with Gasteiger partial charge in [-0.05, 0) is 62.8 Å². The first-order valence-corrected chi connectivity index (χ1v) is 10.8. The molecule has 6 nitrogen and oxygen atoms in total. The molecule has 0 saturated heterocycles. The number of rotatable bonds is 10. The first-order valence-electron chi connectivity index (χ1n) is 10.8. The molecule has 0 saturated carbocycles. The molecule has 0 aliphatic carbocycles. The van der Waals surface area contributed by atoms with Crippen molar-refractivity contribution in [3.8, 4) is 5.75 Å². The Labute approximate surface area is 179 Å². The van der Waals surface area contributed by atoms with E-state index < -0.39 is 0 Å². The minimum Gasteiger partial charge on any atom is -0.494 e. The average molecular weight is 408 g/mol. The summed E-state index contributed by atoms with van der Waals surface area (Å²) in [7, 11) is 0. The SMILES string of the molecule is CCOc1ccc(Cc2nc3cc(N=C(C)N)ccc3n2CCN(CC)CC)cc1. The maximum atomic E-state index is 5.76. The molecule has 1 heterocycles. The lowest BCUT2D eigenvalue weighted by atomic mass is 10.1. The first kappa shape index (κ1) is 21.8. The minimum absolute atomic E-state index is 0.546. The first-order chi connectivity index (χ1) is 14.5. The van der Waals surface area contributed by atoms with E-state index in [0.29, 0.717) is 12.4 Å². The van der Waals surface area contributed by atoms with E-state index in [1.807, 2.05) is 31.2 Å². The van der Waals surface area contributed by atoms with Crippen molar-refractivity contribution in [3.05, 3.63) is 53.9 Å². The number of likely N-dealkylation sites (N-methyl/N-ethyl adjacent to an activating group) is 1. The summed E-state index contributed by atoms with van der Waals surface area (Å²) in [4.78, 5) is 11.8. The third-order valence-corrected chi connectivity index (χ3v) is 5.25. The zero-order valence-electron chi connectivity index (χ0n) is 18.6. The highest BCUT2D eigenvalue weighted by Gasteiger charge is 2.13. The lowest BCUT2D eigenvalue weighted by molar-refractivity contribution is 0.291. The molecule has 2 aromatic carbocycles. The molecule has 0 bridgehead atoms. The van der Waals surface area contributed by atoms with Crippen LogP contribution >= 0.6 is 0 Å². The predicted octanol–water partition coefficient (Wildman–Crippen LogP) is 4.38. The molecule has 160 valence electrons. The molecule has 0 unspecified atom stereocenters. The van der Waals surface area contributed by atoms with Gasteiger partial charge in [-0.15, -0.1) is 0 Å². The van der Waals surface area contributed by atoms with Crippen molar-refractivity contribution in [3.63, 3.8) is 0 Å². The topological polar surface area (TPSA) is 68.7 Å². The lowest BCUT2D eigenvalue weighted by Crippen LogP contribution is -2.27. The largest absolute Gasteiger partial charge is 0.494 e. The fourth-order valence-corrected chi connectivity index (χ4v) is 3.66. The second kappa shape index (κ2) is 10.3. The van der Waals surface area contributed by atoms with E-state index in [4.69, 9.17) is 15.5 Å². The third kappa shape index (κ3) is 5.39. The molecule has 6 heteroatoms. The Kier molecular flexibility index (Phi) is 7.46. The quantitative estimate of drug-likeness (QED) is 0.400. The van der Waals surface area contributed by atoms with Crippen LogP contribution in [0, 0.1) is 0 Å². The van der Waals surface area contributed by atoms with Crippen LogP contribution in [0.5, 0.6) is 5.75 Å². The number of fused-ring (bicyclic) bond motifs is 1. The Bertz CT molecular complexity index is 983. The highest BCUT2D eigenvalue weighted by molar-refractivity contribution is 5.84. The minimum atomic E-state index is 0.546. The Morgan fingerprint density at radius 2 is 1.83 bits per heavy atom. The zero-order valence-corrected chi connectivity index (χ0v) is 18.6. The Balaban J connectivity index is 1.94. The van der Waals surface area contributed by atoms with Gasteiger partial charge in [0, 0.05) is 19.5 Å². The van der Waals surface area contributed by atoms with Gasteiger partial charge < -0.3 is 19.9 Å². The van der Waals surface area contributed by atoms with Crippen molar-refractivity contribution in [2.75, 3.05) is 26.2 Å².